The number of thioether (sulfide) groups is 1. The van der Waals surface area contributed by atoms with Crippen molar-refractivity contribution in [1.82, 2.24) is 9.78 Å². The van der Waals surface area contributed by atoms with E-state index in [1.807, 2.05) is 0 Å². The van der Waals surface area contributed by atoms with Gasteiger partial charge in [-0.2, -0.15) is 30.0 Å². The first-order valence-corrected chi connectivity index (χ1v) is 6.52. The summed E-state index contributed by atoms with van der Waals surface area (Å²) in [5.74, 6) is 1.52. The van der Waals surface area contributed by atoms with Crippen molar-refractivity contribution in [2.24, 2.45) is 0 Å². The Kier molecular flexibility index (Phi) is 3.39. The highest BCUT2D eigenvalue weighted by atomic mass is 35.5. The molecule has 16 heavy (non-hydrogen) atoms. The lowest BCUT2D eigenvalue weighted by Gasteiger charge is -2.14. The van der Waals surface area contributed by atoms with E-state index < -0.39 is 11.9 Å². The predicted octanol–water partition coefficient (Wildman–Crippen LogP) is 2.93. The number of aryl methyl sites for hydroxylation is 1. The molecule has 0 N–H and O–H groups in total. The van der Waals surface area contributed by atoms with E-state index in [0.29, 0.717) is 30.0 Å². The van der Waals surface area contributed by atoms with Crippen LogP contribution in [0, 0.1) is 0 Å². The van der Waals surface area contributed by atoms with E-state index >= 15 is 0 Å². The molecule has 1 aromatic rings. The zero-order valence-corrected chi connectivity index (χ0v) is 9.92. The quantitative estimate of drug-likeness (QED) is 0.769. The molecule has 0 radical (unpaired) electrons. The molecule has 7 heteroatoms. The Morgan fingerprint density at radius 2 is 2.19 bits per heavy atom. The fourth-order valence-electron chi connectivity index (χ4n) is 1.80. The molecule has 1 aliphatic rings. The molecule has 0 fully saturated rings. The van der Waals surface area contributed by atoms with E-state index in [4.69, 9.17) is 11.6 Å². The maximum Gasteiger partial charge on any atom is 0.435 e. The van der Waals surface area contributed by atoms with Gasteiger partial charge in [-0.3, -0.25) is 4.68 Å². The first kappa shape index (κ1) is 12.1. The summed E-state index contributed by atoms with van der Waals surface area (Å²) in [7, 11) is 0. The fourth-order valence-corrected chi connectivity index (χ4v) is 2.95. The summed E-state index contributed by atoms with van der Waals surface area (Å²) in [5, 5.41) is 3.65. The SMILES string of the molecule is FC(F)(F)c1nn(CCCl)c2c1CSCC2. The molecule has 0 amide bonds. The maximum absolute atomic E-state index is 12.7. The van der Waals surface area contributed by atoms with Crippen LogP contribution in [-0.4, -0.2) is 21.4 Å². The smallest absolute Gasteiger partial charge is 0.267 e. The molecule has 1 aromatic heterocycles. The molecule has 0 saturated heterocycles. The number of nitrogens with zero attached hydrogens (tertiary/aromatic N) is 2. The summed E-state index contributed by atoms with van der Waals surface area (Å²) in [4.78, 5) is 0. The van der Waals surface area contributed by atoms with E-state index in [-0.39, 0.29) is 5.88 Å². The second kappa shape index (κ2) is 4.49. The largest absolute Gasteiger partial charge is 0.435 e. The lowest BCUT2D eigenvalue weighted by Crippen LogP contribution is -2.11. The molecule has 2 rings (SSSR count). The second-order valence-electron chi connectivity index (χ2n) is 3.49. The van der Waals surface area contributed by atoms with Crippen molar-refractivity contribution in [1.29, 1.82) is 0 Å². The minimum atomic E-state index is -4.36. The molecule has 0 bridgehead atoms. The molecule has 90 valence electrons. The Labute approximate surface area is 100 Å². The second-order valence-corrected chi connectivity index (χ2v) is 4.97. The van der Waals surface area contributed by atoms with Crippen molar-refractivity contribution in [3.05, 3.63) is 17.0 Å². The van der Waals surface area contributed by atoms with Crippen molar-refractivity contribution in [2.45, 2.75) is 24.9 Å². The van der Waals surface area contributed by atoms with Gasteiger partial charge in [-0.05, 0) is 12.2 Å². The summed E-state index contributed by atoms with van der Waals surface area (Å²) in [6.45, 7) is 0.338. The van der Waals surface area contributed by atoms with Gasteiger partial charge in [0.1, 0.15) is 0 Å². The van der Waals surface area contributed by atoms with Crippen LogP contribution in [0.15, 0.2) is 0 Å². The van der Waals surface area contributed by atoms with Crippen molar-refractivity contribution >= 4 is 23.4 Å². The van der Waals surface area contributed by atoms with Gasteiger partial charge in [0.25, 0.3) is 0 Å². The van der Waals surface area contributed by atoms with Crippen molar-refractivity contribution in [2.75, 3.05) is 11.6 Å². The summed E-state index contributed by atoms with van der Waals surface area (Å²) < 4.78 is 39.5. The van der Waals surface area contributed by atoms with Crippen LogP contribution in [0.1, 0.15) is 17.0 Å². The van der Waals surface area contributed by atoms with Crippen molar-refractivity contribution in [3.8, 4) is 0 Å². The number of hydrogen-bond donors (Lipinski definition) is 0. The van der Waals surface area contributed by atoms with Crippen LogP contribution in [-0.2, 0) is 24.9 Å². The molecular formula is C9H10ClF3N2S. The van der Waals surface area contributed by atoms with Gasteiger partial charge < -0.3 is 0 Å². The molecule has 2 nitrogen and oxygen atoms in total. The van der Waals surface area contributed by atoms with Gasteiger partial charge in [0.15, 0.2) is 5.69 Å². The third kappa shape index (κ3) is 2.18. The highest BCUT2D eigenvalue weighted by Gasteiger charge is 2.39. The van der Waals surface area contributed by atoms with Crippen LogP contribution >= 0.6 is 23.4 Å². The number of halogens is 4. The topological polar surface area (TPSA) is 17.8 Å². The Morgan fingerprint density at radius 3 is 2.81 bits per heavy atom. The first-order chi connectivity index (χ1) is 7.54. The van der Waals surface area contributed by atoms with Gasteiger partial charge in [-0.25, -0.2) is 0 Å². The van der Waals surface area contributed by atoms with Gasteiger partial charge in [0, 0.05) is 22.9 Å². The summed E-state index contributed by atoms with van der Waals surface area (Å²) in [5.41, 5.74) is 0.306. The first-order valence-electron chi connectivity index (χ1n) is 4.83. The van der Waals surface area contributed by atoms with Crippen molar-refractivity contribution < 1.29 is 13.2 Å². The standard InChI is InChI=1S/C9H10ClF3N2S/c10-2-3-15-7-1-4-16-5-6(7)8(14-15)9(11,12)13/h1-5H2. The van der Waals surface area contributed by atoms with Gasteiger partial charge in [0.2, 0.25) is 0 Å². The fraction of sp³-hybridized carbons (Fsp3) is 0.667. The van der Waals surface area contributed by atoms with E-state index in [1.54, 1.807) is 0 Å². The molecule has 0 spiro atoms. The van der Waals surface area contributed by atoms with Crippen LogP contribution in [0.25, 0.3) is 0 Å². The predicted molar refractivity (Wildman–Crippen MR) is 57.8 cm³/mol. The van der Waals surface area contributed by atoms with Gasteiger partial charge in [-0.1, -0.05) is 0 Å². The molecule has 0 unspecified atom stereocenters. The zero-order chi connectivity index (χ0) is 11.8. The lowest BCUT2D eigenvalue weighted by molar-refractivity contribution is -0.142. The monoisotopic (exact) mass is 270 g/mol. The Hall–Kier alpha value is -0.360. The van der Waals surface area contributed by atoms with Crippen LogP contribution in [0.2, 0.25) is 0 Å². The Morgan fingerprint density at radius 1 is 1.44 bits per heavy atom. The molecule has 0 aliphatic carbocycles. The summed E-state index contributed by atoms with van der Waals surface area (Å²) >= 11 is 7.07. The summed E-state index contributed by atoms with van der Waals surface area (Å²) in [6, 6.07) is 0. The average Bonchev–Trinajstić information content (AvgIpc) is 2.58. The Bertz CT molecular complexity index is 389. The van der Waals surface area contributed by atoms with E-state index in [1.165, 1.54) is 16.4 Å². The van der Waals surface area contributed by atoms with E-state index in [2.05, 4.69) is 5.10 Å². The summed E-state index contributed by atoms with van der Waals surface area (Å²) in [6.07, 6.45) is -3.72. The molecule has 0 aromatic carbocycles. The highest BCUT2D eigenvalue weighted by Crippen LogP contribution is 2.36. The normalized spacial score (nSPS) is 16.2. The average molecular weight is 271 g/mol. The van der Waals surface area contributed by atoms with E-state index in [0.717, 1.165) is 5.75 Å². The number of rotatable bonds is 2. The highest BCUT2D eigenvalue weighted by molar-refractivity contribution is 7.98. The molecule has 0 atom stereocenters. The number of fused-ring (bicyclic) bond motifs is 1. The Balaban J connectivity index is 2.46. The number of alkyl halides is 4. The van der Waals surface area contributed by atoms with E-state index in [9.17, 15) is 13.2 Å². The minimum Gasteiger partial charge on any atom is -0.267 e. The van der Waals surface area contributed by atoms with Gasteiger partial charge in [-0.15, -0.1) is 11.6 Å². The molecule has 1 aliphatic heterocycles. The minimum absolute atomic E-state index is 0.276. The zero-order valence-electron chi connectivity index (χ0n) is 8.35. The van der Waals surface area contributed by atoms with Crippen LogP contribution in [0.3, 0.4) is 0 Å². The molecular weight excluding hydrogens is 261 g/mol. The lowest BCUT2D eigenvalue weighted by atomic mass is 10.1. The molecule has 0 saturated carbocycles. The number of aromatic nitrogens is 2. The van der Waals surface area contributed by atoms with Crippen LogP contribution < -0.4 is 0 Å². The maximum atomic E-state index is 12.7. The van der Waals surface area contributed by atoms with Crippen LogP contribution in [0.5, 0.6) is 0 Å². The van der Waals surface area contributed by atoms with Crippen LogP contribution in [0.4, 0.5) is 13.2 Å². The number of hydrogen-bond acceptors (Lipinski definition) is 2. The van der Waals surface area contributed by atoms with Gasteiger partial charge >= 0.3 is 6.18 Å². The third-order valence-corrected chi connectivity index (χ3v) is 3.62. The molecule has 2 heterocycles. The van der Waals surface area contributed by atoms with Crippen molar-refractivity contribution in [3.63, 3.8) is 0 Å². The van der Waals surface area contributed by atoms with Gasteiger partial charge in [0.05, 0.1) is 6.54 Å². The third-order valence-electron chi connectivity index (χ3n) is 2.46.